The Balaban J connectivity index is 1.80. The number of benzene rings is 1. The lowest BCUT2D eigenvalue weighted by Gasteiger charge is -2.22. The lowest BCUT2D eigenvalue weighted by molar-refractivity contribution is 0.690. The average molecular weight is 222 g/mol. The highest BCUT2D eigenvalue weighted by molar-refractivity contribution is 6.31. The summed E-state index contributed by atoms with van der Waals surface area (Å²) in [7, 11) is 0. The zero-order valence-corrected chi connectivity index (χ0v) is 9.96. The first kappa shape index (κ1) is 9.53. The summed E-state index contributed by atoms with van der Waals surface area (Å²) in [4.78, 5) is 2.50. The fraction of sp³-hybridized carbons (Fsp3) is 0.538. The molecule has 1 aromatic rings. The van der Waals surface area contributed by atoms with E-state index in [1.807, 2.05) is 6.07 Å². The first-order valence-electron chi connectivity index (χ1n) is 5.68. The van der Waals surface area contributed by atoms with Crippen molar-refractivity contribution in [2.45, 2.75) is 13.8 Å². The highest BCUT2D eigenvalue weighted by Crippen LogP contribution is 2.52. The van der Waals surface area contributed by atoms with Gasteiger partial charge in [0.2, 0.25) is 0 Å². The summed E-state index contributed by atoms with van der Waals surface area (Å²) in [5.41, 5.74) is 2.53. The van der Waals surface area contributed by atoms with Crippen LogP contribution in [0.1, 0.15) is 12.5 Å². The summed E-state index contributed by atoms with van der Waals surface area (Å²) in [6.45, 7) is 6.94. The maximum absolute atomic E-state index is 6.03. The molecule has 1 aliphatic carbocycles. The van der Waals surface area contributed by atoms with Crippen LogP contribution in [0.5, 0.6) is 0 Å². The van der Waals surface area contributed by atoms with E-state index in [1.165, 1.54) is 24.3 Å². The number of anilines is 1. The Morgan fingerprint density at radius 1 is 1.27 bits per heavy atom. The Bertz CT molecular complexity index is 390. The van der Waals surface area contributed by atoms with Gasteiger partial charge in [-0.3, -0.25) is 0 Å². The molecule has 2 atom stereocenters. The molecule has 80 valence electrons. The van der Waals surface area contributed by atoms with E-state index in [2.05, 4.69) is 30.9 Å². The lowest BCUT2D eigenvalue weighted by Crippen LogP contribution is -2.23. The number of hydrogen-bond donors (Lipinski definition) is 0. The molecule has 0 aromatic heterocycles. The van der Waals surface area contributed by atoms with Gasteiger partial charge in [-0.05, 0) is 48.4 Å². The molecule has 0 spiro atoms. The van der Waals surface area contributed by atoms with Gasteiger partial charge in [0.15, 0.2) is 0 Å². The lowest BCUT2D eigenvalue weighted by atomic mass is 10.2. The van der Waals surface area contributed by atoms with E-state index in [1.54, 1.807) is 0 Å². The SMILES string of the molecule is Cc1cc(N2CC3C(C)C3C2)ccc1Cl. The molecule has 1 nitrogen and oxygen atoms in total. The molecule has 1 aliphatic heterocycles. The van der Waals surface area contributed by atoms with Crippen molar-refractivity contribution in [3.05, 3.63) is 28.8 Å². The van der Waals surface area contributed by atoms with E-state index in [9.17, 15) is 0 Å². The fourth-order valence-corrected chi connectivity index (χ4v) is 2.98. The van der Waals surface area contributed by atoms with Crippen LogP contribution in [0.15, 0.2) is 18.2 Å². The van der Waals surface area contributed by atoms with Crippen molar-refractivity contribution in [3.8, 4) is 0 Å². The van der Waals surface area contributed by atoms with Crippen molar-refractivity contribution in [3.63, 3.8) is 0 Å². The summed E-state index contributed by atoms with van der Waals surface area (Å²) in [5, 5.41) is 0.872. The van der Waals surface area contributed by atoms with Crippen LogP contribution in [0.25, 0.3) is 0 Å². The summed E-state index contributed by atoms with van der Waals surface area (Å²) in [6.07, 6.45) is 0. The molecule has 2 unspecified atom stereocenters. The van der Waals surface area contributed by atoms with Gasteiger partial charge in [-0.1, -0.05) is 18.5 Å². The van der Waals surface area contributed by atoms with E-state index in [0.29, 0.717) is 0 Å². The van der Waals surface area contributed by atoms with Crippen LogP contribution in [0, 0.1) is 24.7 Å². The standard InChI is InChI=1S/C13H16ClN/c1-8-5-10(3-4-13(8)14)15-6-11-9(2)12(11)7-15/h3-5,9,11-12H,6-7H2,1-2H3. The van der Waals surface area contributed by atoms with Crippen LogP contribution in [0.3, 0.4) is 0 Å². The molecular weight excluding hydrogens is 206 g/mol. The molecule has 2 fully saturated rings. The van der Waals surface area contributed by atoms with Crippen molar-refractivity contribution in [2.75, 3.05) is 18.0 Å². The molecule has 0 radical (unpaired) electrons. The molecule has 0 bridgehead atoms. The number of halogens is 1. The van der Waals surface area contributed by atoms with Crippen LogP contribution < -0.4 is 4.90 Å². The minimum Gasteiger partial charge on any atom is -0.371 e. The number of nitrogens with zero attached hydrogens (tertiary/aromatic N) is 1. The van der Waals surface area contributed by atoms with Gasteiger partial charge in [-0.15, -0.1) is 0 Å². The molecule has 0 N–H and O–H groups in total. The zero-order chi connectivity index (χ0) is 10.6. The molecule has 1 saturated carbocycles. The topological polar surface area (TPSA) is 3.24 Å². The smallest absolute Gasteiger partial charge is 0.0436 e. The molecule has 2 aliphatic rings. The monoisotopic (exact) mass is 221 g/mol. The fourth-order valence-electron chi connectivity index (χ4n) is 2.86. The van der Waals surface area contributed by atoms with Crippen LogP contribution in [0.2, 0.25) is 5.02 Å². The summed E-state index contributed by atoms with van der Waals surface area (Å²) in [6, 6.07) is 6.36. The molecule has 1 saturated heterocycles. The van der Waals surface area contributed by atoms with Gasteiger partial charge in [-0.2, -0.15) is 0 Å². The number of fused-ring (bicyclic) bond motifs is 1. The third-order valence-electron chi connectivity index (χ3n) is 4.13. The number of rotatable bonds is 1. The van der Waals surface area contributed by atoms with E-state index in [-0.39, 0.29) is 0 Å². The first-order chi connectivity index (χ1) is 7.16. The van der Waals surface area contributed by atoms with Crippen molar-refractivity contribution >= 4 is 17.3 Å². The summed E-state index contributed by atoms with van der Waals surface area (Å²) >= 11 is 6.03. The van der Waals surface area contributed by atoms with Crippen molar-refractivity contribution in [2.24, 2.45) is 17.8 Å². The van der Waals surface area contributed by atoms with Gasteiger partial charge in [0, 0.05) is 23.8 Å². The Hall–Kier alpha value is -0.690. The number of aryl methyl sites for hydroxylation is 1. The highest BCUT2D eigenvalue weighted by Gasteiger charge is 2.52. The van der Waals surface area contributed by atoms with Crippen molar-refractivity contribution < 1.29 is 0 Å². The van der Waals surface area contributed by atoms with Crippen LogP contribution >= 0.6 is 11.6 Å². The molecular formula is C13H16ClN. The van der Waals surface area contributed by atoms with Gasteiger partial charge in [0.1, 0.15) is 0 Å². The van der Waals surface area contributed by atoms with E-state index in [4.69, 9.17) is 11.6 Å². The van der Waals surface area contributed by atoms with Crippen molar-refractivity contribution in [1.82, 2.24) is 0 Å². The molecule has 2 heteroatoms. The minimum absolute atomic E-state index is 0.872. The number of hydrogen-bond acceptors (Lipinski definition) is 1. The van der Waals surface area contributed by atoms with E-state index in [0.717, 1.165) is 22.8 Å². The zero-order valence-electron chi connectivity index (χ0n) is 9.20. The third-order valence-corrected chi connectivity index (χ3v) is 4.55. The highest BCUT2D eigenvalue weighted by atomic mass is 35.5. The molecule has 3 rings (SSSR count). The van der Waals surface area contributed by atoms with E-state index < -0.39 is 0 Å². The maximum Gasteiger partial charge on any atom is 0.0436 e. The van der Waals surface area contributed by atoms with Gasteiger partial charge in [0.05, 0.1) is 0 Å². The predicted octanol–water partition coefficient (Wildman–Crippen LogP) is 3.35. The van der Waals surface area contributed by atoms with Crippen molar-refractivity contribution in [1.29, 1.82) is 0 Å². The van der Waals surface area contributed by atoms with Gasteiger partial charge < -0.3 is 4.90 Å². The Morgan fingerprint density at radius 3 is 2.53 bits per heavy atom. The second kappa shape index (κ2) is 3.15. The normalized spacial score (nSPS) is 33.0. The number of piperidine rings is 1. The molecule has 0 amide bonds. The first-order valence-corrected chi connectivity index (χ1v) is 6.05. The average Bonchev–Trinajstić information content (AvgIpc) is 2.67. The predicted molar refractivity (Wildman–Crippen MR) is 64.5 cm³/mol. The second-order valence-electron chi connectivity index (χ2n) is 5.03. The van der Waals surface area contributed by atoms with Gasteiger partial charge >= 0.3 is 0 Å². The quantitative estimate of drug-likeness (QED) is 0.703. The van der Waals surface area contributed by atoms with Crippen LogP contribution in [0.4, 0.5) is 5.69 Å². The Labute approximate surface area is 96.0 Å². The Kier molecular flexibility index (Phi) is 2.00. The van der Waals surface area contributed by atoms with Gasteiger partial charge in [0.25, 0.3) is 0 Å². The third kappa shape index (κ3) is 1.45. The van der Waals surface area contributed by atoms with Crippen LogP contribution in [-0.4, -0.2) is 13.1 Å². The summed E-state index contributed by atoms with van der Waals surface area (Å²) in [5.74, 6) is 2.89. The maximum atomic E-state index is 6.03. The molecule has 1 heterocycles. The minimum atomic E-state index is 0.872. The Morgan fingerprint density at radius 2 is 1.93 bits per heavy atom. The van der Waals surface area contributed by atoms with E-state index >= 15 is 0 Å². The largest absolute Gasteiger partial charge is 0.371 e. The molecule has 15 heavy (non-hydrogen) atoms. The molecule has 1 aromatic carbocycles. The van der Waals surface area contributed by atoms with Crippen LogP contribution in [-0.2, 0) is 0 Å². The second-order valence-corrected chi connectivity index (χ2v) is 5.43. The van der Waals surface area contributed by atoms with Gasteiger partial charge in [-0.25, -0.2) is 0 Å². The summed E-state index contributed by atoms with van der Waals surface area (Å²) < 4.78 is 0.